The number of carboxylic acids is 1. The number of allylic oxidation sites excluding steroid dienone is 2. The highest BCUT2D eigenvalue weighted by molar-refractivity contribution is 5.79. The summed E-state index contributed by atoms with van der Waals surface area (Å²) in [4.78, 5) is 27.5. The molecule has 9 rings (SSSR count). The molecule has 4 heterocycles. The van der Waals surface area contributed by atoms with E-state index in [-0.39, 0.29) is 39.4 Å². The number of carbonyl (C=O) groups is 2. The van der Waals surface area contributed by atoms with Crippen LogP contribution in [0, 0.1) is 50.2 Å². The minimum Gasteiger partial charge on any atom is -0.479 e. The number of aliphatic hydroxyl groups is 12. The predicted octanol–water partition coefficient (Wildman–Crippen LogP) is -1.30. The van der Waals surface area contributed by atoms with Gasteiger partial charge in [-0.2, -0.15) is 0 Å². The third-order valence-corrected chi connectivity index (χ3v) is 21.0. The molecule has 0 radical (unpaired) electrons. The molecule has 434 valence electrons. The first-order valence-electron chi connectivity index (χ1n) is 27.2. The maximum atomic E-state index is 15.1. The number of aliphatic carboxylic acids is 1. The van der Waals surface area contributed by atoms with Gasteiger partial charge < -0.3 is 104 Å². The smallest absolute Gasteiger partial charge is 0.335 e. The van der Waals surface area contributed by atoms with Crippen molar-refractivity contribution in [3.05, 3.63) is 11.6 Å². The van der Waals surface area contributed by atoms with Crippen LogP contribution in [0.1, 0.15) is 113 Å². The lowest BCUT2D eigenvalue weighted by atomic mass is 9.33. The van der Waals surface area contributed by atoms with Crippen molar-refractivity contribution in [2.24, 2.45) is 50.2 Å². The minimum absolute atomic E-state index is 0.0798. The Labute approximate surface area is 442 Å². The molecule has 0 aromatic carbocycles. The first kappa shape index (κ1) is 58.6. The molecule has 0 spiro atoms. The Kier molecular flexibility index (Phi) is 16.2. The first-order valence-corrected chi connectivity index (χ1v) is 27.2. The molecule has 4 saturated carbocycles. The number of ether oxygens (including phenoxy) is 8. The van der Waals surface area contributed by atoms with Gasteiger partial charge in [-0.1, -0.05) is 60.1 Å². The van der Waals surface area contributed by atoms with Crippen LogP contribution in [-0.4, -0.2) is 221 Å². The predicted molar refractivity (Wildman–Crippen MR) is 257 cm³/mol. The van der Waals surface area contributed by atoms with Gasteiger partial charge in [0, 0.05) is 0 Å². The lowest BCUT2D eigenvalue weighted by Crippen LogP contribution is -2.67. The largest absolute Gasteiger partial charge is 0.479 e. The van der Waals surface area contributed by atoms with Crippen LogP contribution < -0.4 is 0 Å². The van der Waals surface area contributed by atoms with Gasteiger partial charge in [0.2, 0.25) is 6.29 Å². The van der Waals surface area contributed by atoms with Crippen LogP contribution in [0.3, 0.4) is 0 Å². The van der Waals surface area contributed by atoms with E-state index < -0.39 is 165 Å². The van der Waals surface area contributed by atoms with Crippen molar-refractivity contribution in [2.45, 2.75) is 235 Å². The summed E-state index contributed by atoms with van der Waals surface area (Å²) in [5.74, 6) is -2.12. The van der Waals surface area contributed by atoms with Crippen molar-refractivity contribution in [3.63, 3.8) is 0 Å². The normalized spacial score (nSPS) is 52.9. The average Bonchev–Trinajstić information content (AvgIpc) is 3.54. The van der Waals surface area contributed by atoms with E-state index in [1.54, 1.807) is 0 Å². The molecule has 4 aliphatic heterocycles. The first-order chi connectivity index (χ1) is 35.5. The van der Waals surface area contributed by atoms with Gasteiger partial charge in [-0.3, -0.25) is 4.79 Å². The Balaban J connectivity index is 0.920. The van der Waals surface area contributed by atoms with Crippen LogP contribution in [0.2, 0.25) is 0 Å². The molecule has 27 unspecified atom stereocenters. The molecular formula is C53H84O23. The molecule has 23 nitrogen and oxygen atoms in total. The Morgan fingerprint density at radius 3 is 1.93 bits per heavy atom. The molecular weight excluding hydrogens is 1000 g/mol. The highest BCUT2D eigenvalue weighted by atomic mass is 16.8. The molecule has 8 fully saturated rings. The molecule has 0 bridgehead atoms. The van der Waals surface area contributed by atoms with Gasteiger partial charge in [0.25, 0.3) is 0 Å². The zero-order valence-corrected chi connectivity index (χ0v) is 44.4. The van der Waals surface area contributed by atoms with Gasteiger partial charge in [-0.25, -0.2) is 4.79 Å². The van der Waals surface area contributed by atoms with E-state index in [0.29, 0.717) is 44.9 Å². The van der Waals surface area contributed by atoms with Crippen molar-refractivity contribution in [1.29, 1.82) is 0 Å². The number of carbonyl (C=O) groups excluding carboxylic acids is 1. The number of fused-ring (bicyclic) bond motifs is 7. The lowest BCUT2D eigenvalue weighted by Gasteiger charge is -2.71. The third kappa shape index (κ3) is 9.52. The Morgan fingerprint density at radius 2 is 1.26 bits per heavy atom. The van der Waals surface area contributed by atoms with Crippen molar-refractivity contribution in [3.8, 4) is 0 Å². The van der Waals surface area contributed by atoms with Crippen molar-refractivity contribution in [2.75, 3.05) is 19.8 Å². The number of hydrogen-bond donors (Lipinski definition) is 13. The monoisotopic (exact) mass is 1090 g/mol. The number of aliphatic hydroxyl groups excluding tert-OH is 12. The molecule has 0 amide bonds. The number of hydrogen-bond acceptors (Lipinski definition) is 22. The van der Waals surface area contributed by atoms with Gasteiger partial charge >= 0.3 is 11.9 Å². The lowest BCUT2D eigenvalue weighted by molar-refractivity contribution is -0.357. The topological polar surface area (TPSA) is 371 Å². The van der Waals surface area contributed by atoms with E-state index in [4.69, 9.17) is 37.9 Å². The van der Waals surface area contributed by atoms with Gasteiger partial charge in [-0.05, 0) is 109 Å². The van der Waals surface area contributed by atoms with Crippen LogP contribution in [0.25, 0.3) is 0 Å². The van der Waals surface area contributed by atoms with Gasteiger partial charge in [0.1, 0.15) is 85.5 Å². The Morgan fingerprint density at radius 1 is 0.632 bits per heavy atom. The fourth-order valence-corrected chi connectivity index (χ4v) is 16.1. The second kappa shape index (κ2) is 21.0. The van der Waals surface area contributed by atoms with E-state index in [1.165, 1.54) is 5.57 Å². The van der Waals surface area contributed by atoms with E-state index in [0.717, 1.165) is 19.3 Å². The second-order valence-corrected chi connectivity index (χ2v) is 25.9. The van der Waals surface area contributed by atoms with Gasteiger partial charge in [-0.15, -0.1) is 0 Å². The molecule has 76 heavy (non-hydrogen) atoms. The quantitative estimate of drug-likeness (QED) is 0.0649. The zero-order chi connectivity index (χ0) is 55.6. The van der Waals surface area contributed by atoms with E-state index in [2.05, 4.69) is 54.5 Å². The molecule has 5 aliphatic carbocycles. The van der Waals surface area contributed by atoms with E-state index >= 15 is 4.79 Å². The molecule has 23 heteroatoms. The van der Waals surface area contributed by atoms with Crippen LogP contribution in [0.15, 0.2) is 11.6 Å². The fourth-order valence-electron chi connectivity index (χ4n) is 16.1. The summed E-state index contributed by atoms with van der Waals surface area (Å²) in [6.07, 6.45) is -23.4. The molecule has 4 saturated heterocycles. The summed E-state index contributed by atoms with van der Waals surface area (Å²) in [6, 6.07) is 0. The van der Waals surface area contributed by atoms with E-state index in [1.807, 2.05) is 0 Å². The maximum Gasteiger partial charge on any atom is 0.335 e. The van der Waals surface area contributed by atoms with E-state index in [9.17, 15) is 71.2 Å². The Hall–Kier alpha value is -2.08. The minimum atomic E-state index is -1.92. The number of carboxylic acid groups (broad SMARTS) is 1. The van der Waals surface area contributed by atoms with Crippen molar-refractivity contribution >= 4 is 11.9 Å². The molecule has 9 aliphatic rings. The van der Waals surface area contributed by atoms with Crippen LogP contribution in [-0.2, 0) is 47.5 Å². The molecule has 13 N–H and O–H groups in total. The fraction of sp³-hybridized carbons (Fsp3) is 0.925. The SMILES string of the molecule is CC1(C)CCC2(C(=O)OC3OC(COC4OC(CO)C(O)C(O)C4O)C(O)C(O)C3O)CCC3(C)C(=CCC4C5(C)CCC(OC6OC(C(=O)O)C(O)C(OC7OCC(O)C(O)C7O)C6O)C(C)(C)C5CCC43C)C2C1. The average molecular weight is 1090 g/mol. The summed E-state index contributed by atoms with van der Waals surface area (Å²) in [7, 11) is 0. The molecule has 27 atom stereocenters. The van der Waals surface area contributed by atoms with Crippen LogP contribution in [0.5, 0.6) is 0 Å². The second-order valence-electron chi connectivity index (χ2n) is 25.9. The molecule has 0 aromatic rings. The highest BCUT2D eigenvalue weighted by Crippen LogP contribution is 2.76. The summed E-state index contributed by atoms with van der Waals surface area (Å²) in [6.45, 7) is 14.0. The van der Waals surface area contributed by atoms with Crippen molar-refractivity contribution < 1.29 is 114 Å². The van der Waals surface area contributed by atoms with Crippen LogP contribution >= 0.6 is 0 Å². The number of esters is 1. The summed E-state index contributed by atoms with van der Waals surface area (Å²) in [5, 5.41) is 137. The summed E-state index contributed by atoms with van der Waals surface area (Å²) >= 11 is 0. The maximum absolute atomic E-state index is 15.1. The van der Waals surface area contributed by atoms with Crippen LogP contribution in [0.4, 0.5) is 0 Å². The molecule has 0 aromatic heterocycles. The van der Waals surface area contributed by atoms with Gasteiger partial charge in [0.15, 0.2) is 25.0 Å². The highest BCUT2D eigenvalue weighted by Gasteiger charge is 2.70. The van der Waals surface area contributed by atoms with Gasteiger partial charge in [0.05, 0.1) is 31.3 Å². The summed E-state index contributed by atoms with van der Waals surface area (Å²) in [5.41, 5.74) is -1.35. The Bertz CT molecular complexity index is 2140. The number of rotatable bonds is 11. The zero-order valence-electron chi connectivity index (χ0n) is 44.4. The third-order valence-electron chi connectivity index (χ3n) is 21.0. The van der Waals surface area contributed by atoms with Crippen molar-refractivity contribution in [1.82, 2.24) is 0 Å². The standard InChI is InChI=1S/C53H84O23/c1-48(2)14-16-53(47(68)76-45-37(63)34(60)32(58)26(72-45)21-70-43-36(62)33(59)31(57)25(19-54)71-43)17-15-51(6)22(23(53)18-48)8-9-28-50(5)12-11-29(49(3,4)27(50)10-13-52(28,51)7)73-46-39(65)40(38(64)41(75-46)42(66)67)74-44-35(61)30(56)24(55)20-69-44/h8,23-41,43-46,54-65H,9-21H2,1-7H3,(H,66,67). The summed E-state index contributed by atoms with van der Waals surface area (Å²) < 4.78 is 46.6.